The van der Waals surface area contributed by atoms with Crippen LogP contribution in [0.15, 0.2) is 17.5 Å². The summed E-state index contributed by atoms with van der Waals surface area (Å²) in [6, 6.07) is -1.69. The summed E-state index contributed by atoms with van der Waals surface area (Å²) < 4.78 is 11.0. The summed E-state index contributed by atoms with van der Waals surface area (Å²) in [5.74, 6) is -1.65. The van der Waals surface area contributed by atoms with Gasteiger partial charge in [0.2, 0.25) is 11.0 Å². The number of carbonyl (C=O) groups is 5. The number of thioether (sulfide) groups is 1. The Balaban J connectivity index is 2.15. The van der Waals surface area contributed by atoms with E-state index in [-0.39, 0.29) is 35.6 Å². The lowest BCUT2D eigenvalue weighted by Crippen LogP contribution is -2.61. The Morgan fingerprint density at radius 2 is 1.91 bits per heavy atom. The first kappa shape index (κ1) is 39.2. The van der Waals surface area contributed by atoms with Crippen LogP contribution in [-0.2, 0) is 30.4 Å². The molecule has 13 nitrogen and oxygen atoms in total. The number of fused-ring (bicyclic) bond motifs is 2. The smallest absolute Gasteiger partial charge is 0.408 e. The van der Waals surface area contributed by atoms with Crippen molar-refractivity contribution in [2.45, 2.75) is 117 Å². The Hall–Kier alpha value is -3.01. The lowest BCUT2D eigenvalue weighted by atomic mass is 9.98. The first-order valence-corrected chi connectivity index (χ1v) is 17.2. The van der Waals surface area contributed by atoms with E-state index in [1.54, 1.807) is 66.0 Å². The first-order valence-electron chi connectivity index (χ1n) is 15.3. The number of ether oxygens (including phenoxy) is 2. The number of hydrogen-bond acceptors (Lipinski definition) is 12. The van der Waals surface area contributed by atoms with Crippen molar-refractivity contribution >= 4 is 52.1 Å². The number of aliphatic hydroxyl groups is 1. The van der Waals surface area contributed by atoms with Crippen molar-refractivity contribution < 1.29 is 38.6 Å². The fraction of sp³-hybridized carbons (Fsp3) is 0.677. The highest BCUT2D eigenvalue weighted by Gasteiger charge is 2.36. The predicted molar refractivity (Wildman–Crippen MR) is 177 cm³/mol. The number of hydrogen-bond donors (Lipinski definition) is 5. The monoisotopic (exact) mass is 683 g/mol. The van der Waals surface area contributed by atoms with Crippen LogP contribution >= 0.6 is 23.1 Å². The predicted octanol–water partition coefficient (Wildman–Crippen LogP) is 3.27. The summed E-state index contributed by atoms with van der Waals surface area (Å²) in [4.78, 5) is 68.3. The van der Waals surface area contributed by atoms with Crippen LogP contribution in [0.5, 0.6) is 0 Å². The average molecular weight is 684 g/mol. The zero-order chi connectivity index (χ0) is 34.8. The third-order valence-electron chi connectivity index (χ3n) is 6.73. The molecule has 0 radical (unpaired) electrons. The molecule has 46 heavy (non-hydrogen) atoms. The molecule has 2 bridgehead atoms. The van der Waals surface area contributed by atoms with Gasteiger partial charge in [-0.1, -0.05) is 45.5 Å². The van der Waals surface area contributed by atoms with Gasteiger partial charge in [-0.15, -0.1) is 11.3 Å². The second-order valence-corrected chi connectivity index (χ2v) is 15.3. The summed E-state index contributed by atoms with van der Waals surface area (Å²) in [5, 5.41) is 23.8. The number of thiazole rings is 1. The fourth-order valence-corrected chi connectivity index (χ4v) is 5.81. The molecule has 2 heterocycles. The topological polar surface area (TPSA) is 185 Å². The Bertz CT molecular complexity index is 1260. The van der Waals surface area contributed by atoms with Crippen molar-refractivity contribution in [2.75, 3.05) is 5.75 Å². The standard InChI is InChI=1S/C31H49N5O8S2/c1-17(2)23-26(39)43-19(12-10-11-13-45-27(40)24(18(3)4)35-29(42)44-30(5,6)7)14-21(37)32-15-22-33-20(16-46-22)25(38)36-31(8,9)28(41)34-23/h10,12,16-19,23-24,28,34,41H,11,13-15H2,1-9H3,(H,32,37)(H,35,42)(H,36,38)/b12-10+/t19-,23+,24+,28?/m1/s1. The molecular formula is C31H49N5O8S2. The molecule has 4 atom stereocenters. The van der Waals surface area contributed by atoms with Gasteiger partial charge in [0.25, 0.3) is 5.91 Å². The van der Waals surface area contributed by atoms with Gasteiger partial charge in [0, 0.05) is 11.1 Å². The van der Waals surface area contributed by atoms with E-state index >= 15 is 0 Å². The maximum absolute atomic E-state index is 13.3. The lowest BCUT2D eigenvalue weighted by Gasteiger charge is -2.35. The lowest BCUT2D eigenvalue weighted by molar-refractivity contribution is -0.153. The Labute approximate surface area is 279 Å². The van der Waals surface area contributed by atoms with E-state index < -0.39 is 59.4 Å². The van der Waals surface area contributed by atoms with Gasteiger partial charge in [-0.3, -0.25) is 24.5 Å². The molecule has 15 heteroatoms. The van der Waals surface area contributed by atoms with Crippen molar-refractivity contribution in [1.82, 2.24) is 26.3 Å². The van der Waals surface area contributed by atoms with Crippen LogP contribution in [0.3, 0.4) is 0 Å². The number of esters is 1. The molecule has 0 spiro atoms. The highest BCUT2D eigenvalue weighted by Crippen LogP contribution is 2.18. The van der Waals surface area contributed by atoms with Gasteiger partial charge in [-0.2, -0.15) is 0 Å². The van der Waals surface area contributed by atoms with Crippen molar-refractivity contribution in [1.29, 1.82) is 0 Å². The minimum atomic E-state index is -1.33. The van der Waals surface area contributed by atoms with Crippen LogP contribution in [0.2, 0.25) is 0 Å². The van der Waals surface area contributed by atoms with Gasteiger partial charge < -0.3 is 30.5 Å². The number of rotatable bonds is 8. The normalized spacial score (nSPS) is 22.3. The molecule has 1 aliphatic rings. The molecule has 0 aliphatic carbocycles. The molecule has 1 unspecified atom stereocenters. The number of alkyl carbamates (subject to hydrolysis) is 1. The van der Waals surface area contributed by atoms with Gasteiger partial charge in [0.1, 0.15) is 40.7 Å². The van der Waals surface area contributed by atoms with Gasteiger partial charge in [0.15, 0.2) is 0 Å². The Morgan fingerprint density at radius 1 is 1.24 bits per heavy atom. The summed E-state index contributed by atoms with van der Waals surface area (Å²) in [6.07, 6.45) is 0.653. The van der Waals surface area contributed by atoms with Crippen molar-refractivity contribution in [3.63, 3.8) is 0 Å². The summed E-state index contributed by atoms with van der Waals surface area (Å²) in [7, 11) is 0. The van der Waals surface area contributed by atoms with Crippen LogP contribution < -0.4 is 21.3 Å². The van der Waals surface area contributed by atoms with Crippen molar-refractivity contribution in [3.8, 4) is 0 Å². The van der Waals surface area contributed by atoms with Crippen molar-refractivity contribution in [2.24, 2.45) is 11.8 Å². The summed E-state index contributed by atoms with van der Waals surface area (Å²) >= 11 is 2.27. The molecular weight excluding hydrogens is 635 g/mol. The van der Waals surface area contributed by atoms with Crippen LogP contribution in [0, 0.1) is 11.8 Å². The molecule has 2 rings (SSSR count). The number of cyclic esters (lactones) is 1. The molecule has 0 saturated carbocycles. The zero-order valence-electron chi connectivity index (χ0n) is 28.1. The number of nitrogens with zero attached hydrogens (tertiary/aromatic N) is 1. The molecule has 0 saturated heterocycles. The minimum Gasteiger partial charge on any atom is -0.456 e. The van der Waals surface area contributed by atoms with Gasteiger partial charge in [0.05, 0.1) is 18.5 Å². The average Bonchev–Trinajstić information content (AvgIpc) is 3.40. The Kier molecular flexibility index (Phi) is 14.7. The van der Waals surface area contributed by atoms with Gasteiger partial charge in [-0.25, -0.2) is 9.78 Å². The molecule has 5 N–H and O–H groups in total. The van der Waals surface area contributed by atoms with E-state index in [0.29, 0.717) is 17.2 Å². The molecule has 0 fully saturated rings. The number of nitrogens with one attached hydrogen (secondary N) is 4. The quantitative estimate of drug-likeness (QED) is 0.154. The largest absolute Gasteiger partial charge is 0.456 e. The van der Waals surface area contributed by atoms with Gasteiger partial charge >= 0.3 is 12.1 Å². The SMILES string of the molecule is CC(C)[C@@H]1NC(O)C(C)(C)NC(=O)c2csc(n2)CNC(=O)C[C@@H](/C=C/CCSC(=O)[C@@H](NC(=O)OC(C)(C)C)C(C)C)OC1=O. The fourth-order valence-electron chi connectivity index (χ4n) is 4.13. The molecule has 1 aliphatic heterocycles. The molecule has 1 aromatic heterocycles. The number of carbonyl (C=O) groups excluding carboxylic acids is 5. The third-order valence-corrected chi connectivity index (χ3v) is 8.55. The maximum Gasteiger partial charge on any atom is 0.408 e. The third kappa shape index (κ3) is 13.0. The molecule has 3 amide bonds. The van der Waals surface area contributed by atoms with Crippen LogP contribution in [0.25, 0.3) is 0 Å². The van der Waals surface area contributed by atoms with Crippen molar-refractivity contribution in [3.05, 3.63) is 28.2 Å². The first-order chi connectivity index (χ1) is 21.3. The van der Waals surface area contributed by atoms with Crippen LogP contribution in [0.4, 0.5) is 4.79 Å². The van der Waals surface area contributed by atoms with E-state index in [1.807, 2.05) is 13.8 Å². The summed E-state index contributed by atoms with van der Waals surface area (Å²) in [5.41, 5.74) is -1.72. The number of aliphatic hydroxyl groups excluding tert-OH is 1. The second kappa shape index (κ2) is 17.2. The van der Waals surface area contributed by atoms with E-state index in [9.17, 15) is 29.1 Å². The van der Waals surface area contributed by atoms with Crippen LogP contribution in [0.1, 0.15) is 90.7 Å². The Morgan fingerprint density at radius 3 is 2.52 bits per heavy atom. The minimum absolute atomic E-state index is 0.0798. The maximum atomic E-state index is 13.3. The molecule has 0 aromatic carbocycles. The van der Waals surface area contributed by atoms with E-state index in [1.165, 1.54) is 11.3 Å². The number of aromatic nitrogens is 1. The second-order valence-electron chi connectivity index (χ2n) is 13.3. The molecule has 258 valence electrons. The van der Waals surface area contributed by atoms with E-state index in [4.69, 9.17) is 9.47 Å². The zero-order valence-corrected chi connectivity index (χ0v) is 29.7. The number of amides is 3. The number of allylic oxidation sites excluding steroid dienone is 1. The van der Waals surface area contributed by atoms with E-state index in [2.05, 4.69) is 26.3 Å². The summed E-state index contributed by atoms with van der Waals surface area (Å²) in [6.45, 7) is 15.8. The highest BCUT2D eigenvalue weighted by molar-refractivity contribution is 8.13. The van der Waals surface area contributed by atoms with E-state index in [0.717, 1.165) is 11.8 Å². The highest BCUT2D eigenvalue weighted by atomic mass is 32.2. The van der Waals surface area contributed by atoms with Crippen LogP contribution in [-0.4, -0.2) is 80.4 Å². The molecule has 1 aromatic rings. The van der Waals surface area contributed by atoms with Gasteiger partial charge in [-0.05, 0) is 59.0 Å².